The van der Waals surface area contributed by atoms with Crippen LogP contribution in [0.5, 0.6) is 17.2 Å². The predicted molar refractivity (Wildman–Crippen MR) is 121 cm³/mol. The highest BCUT2D eigenvalue weighted by Gasteiger charge is 2.12. The first kappa shape index (κ1) is 22.0. The molecule has 162 valence electrons. The molecule has 2 aromatic carbocycles. The summed E-state index contributed by atoms with van der Waals surface area (Å²) in [6.07, 6.45) is 1.64. The molecule has 0 saturated heterocycles. The largest absolute Gasteiger partial charge is 0.494 e. The molecule has 7 nitrogen and oxygen atoms in total. The standard InChI is InChI=1S/C24H27N3O4/c1-6-31-21-10-8-20(9-11-21)27-16(2)13-19(17(27)3)15-25-26-24(28)18-7-12-22(29-4)23(14-18)30-5/h7-15H,6H2,1-5H3,(H,26,28)/b25-15-. The summed E-state index contributed by atoms with van der Waals surface area (Å²) in [5.41, 5.74) is 7.02. The second kappa shape index (κ2) is 9.84. The van der Waals surface area contributed by atoms with E-state index in [0.717, 1.165) is 28.4 Å². The molecule has 0 spiro atoms. The summed E-state index contributed by atoms with van der Waals surface area (Å²) in [5, 5.41) is 4.13. The topological polar surface area (TPSA) is 74.1 Å². The number of hydrogen-bond donors (Lipinski definition) is 1. The minimum Gasteiger partial charge on any atom is -0.494 e. The zero-order valence-electron chi connectivity index (χ0n) is 18.4. The van der Waals surface area contributed by atoms with Gasteiger partial charge in [0.15, 0.2) is 11.5 Å². The zero-order chi connectivity index (χ0) is 22.4. The normalized spacial score (nSPS) is 10.9. The molecule has 1 aromatic heterocycles. The average molecular weight is 421 g/mol. The van der Waals surface area contributed by atoms with Crippen molar-refractivity contribution < 1.29 is 19.0 Å². The van der Waals surface area contributed by atoms with Gasteiger partial charge in [0.2, 0.25) is 0 Å². The lowest BCUT2D eigenvalue weighted by atomic mass is 10.2. The molecule has 3 aromatic rings. The maximum absolute atomic E-state index is 12.4. The first-order valence-electron chi connectivity index (χ1n) is 9.96. The number of hydrazone groups is 1. The molecule has 31 heavy (non-hydrogen) atoms. The maximum atomic E-state index is 12.4. The third-order valence-electron chi connectivity index (χ3n) is 4.89. The minimum absolute atomic E-state index is 0.336. The van der Waals surface area contributed by atoms with Crippen LogP contribution < -0.4 is 19.6 Å². The summed E-state index contributed by atoms with van der Waals surface area (Å²) in [4.78, 5) is 12.4. The molecule has 0 fully saturated rings. The fraction of sp³-hybridized carbons (Fsp3) is 0.250. The fourth-order valence-corrected chi connectivity index (χ4v) is 3.38. The van der Waals surface area contributed by atoms with E-state index >= 15 is 0 Å². The van der Waals surface area contributed by atoms with Crippen molar-refractivity contribution in [3.8, 4) is 22.9 Å². The van der Waals surface area contributed by atoms with Crippen LogP contribution in [0.2, 0.25) is 0 Å². The molecule has 0 aliphatic carbocycles. The van der Waals surface area contributed by atoms with Crippen LogP contribution in [-0.2, 0) is 0 Å². The van der Waals surface area contributed by atoms with Crippen molar-refractivity contribution >= 4 is 12.1 Å². The summed E-state index contributed by atoms with van der Waals surface area (Å²) in [6.45, 7) is 6.64. The lowest BCUT2D eigenvalue weighted by Gasteiger charge is -2.11. The number of amides is 1. The van der Waals surface area contributed by atoms with Gasteiger partial charge in [0.1, 0.15) is 5.75 Å². The smallest absolute Gasteiger partial charge is 0.271 e. The lowest BCUT2D eigenvalue weighted by molar-refractivity contribution is 0.0954. The van der Waals surface area contributed by atoms with E-state index in [4.69, 9.17) is 14.2 Å². The summed E-state index contributed by atoms with van der Waals surface area (Å²) in [5.74, 6) is 1.55. The van der Waals surface area contributed by atoms with Crippen LogP contribution in [0.15, 0.2) is 53.6 Å². The third-order valence-corrected chi connectivity index (χ3v) is 4.89. The number of aromatic nitrogens is 1. The lowest BCUT2D eigenvalue weighted by Crippen LogP contribution is -2.17. The average Bonchev–Trinajstić information content (AvgIpc) is 3.07. The quantitative estimate of drug-likeness (QED) is 0.435. The molecule has 0 aliphatic rings. The van der Waals surface area contributed by atoms with E-state index < -0.39 is 0 Å². The number of rotatable bonds is 8. The van der Waals surface area contributed by atoms with Crippen LogP contribution in [0.4, 0.5) is 0 Å². The van der Waals surface area contributed by atoms with E-state index in [0.29, 0.717) is 23.7 Å². The van der Waals surface area contributed by atoms with E-state index in [1.54, 1.807) is 31.5 Å². The highest BCUT2D eigenvalue weighted by molar-refractivity contribution is 5.95. The van der Waals surface area contributed by atoms with Crippen LogP contribution in [0.1, 0.15) is 34.2 Å². The van der Waals surface area contributed by atoms with Gasteiger partial charge in [-0.05, 0) is 69.3 Å². The Morgan fingerprint density at radius 1 is 1.03 bits per heavy atom. The van der Waals surface area contributed by atoms with Gasteiger partial charge >= 0.3 is 0 Å². The number of carbonyl (C=O) groups excluding carboxylic acids is 1. The van der Waals surface area contributed by atoms with Gasteiger partial charge in [-0.25, -0.2) is 5.43 Å². The first-order chi connectivity index (χ1) is 15.0. The fourth-order valence-electron chi connectivity index (χ4n) is 3.38. The van der Waals surface area contributed by atoms with Crippen molar-refractivity contribution in [2.45, 2.75) is 20.8 Å². The SMILES string of the molecule is CCOc1ccc(-n2c(C)cc(/C=N\NC(=O)c3ccc(OC)c(OC)c3)c2C)cc1. The van der Waals surface area contributed by atoms with Gasteiger partial charge in [-0.3, -0.25) is 4.79 Å². The van der Waals surface area contributed by atoms with Crippen molar-refractivity contribution in [3.05, 3.63) is 71.0 Å². The van der Waals surface area contributed by atoms with Gasteiger partial charge in [0, 0.05) is 28.2 Å². The number of nitrogens with zero attached hydrogens (tertiary/aromatic N) is 2. The molecule has 1 N–H and O–H groups in total. The zero-order valence-corrected chi connectivity index (χ0v) is 18.4. The summed E-state index contributed by atoms with van der Waals surface area (Å²) >= 11 is 0. The second-order valence-electron chi connectivity index (χ2n) is 6.86. The number of ether oxygens (including phenoxy) is 3. The second-order valence-corrected chi connectivity index (χ2v) is 6.86. The Kier molecular flexibility index (Phi) is 6.97. The molecule has 0 atom stereocenters. The Morgan fingerprint density at radius 2 is 1.74 bits per heavy atom. The molecule has 0 bridgehead atoms. The molecule has 3 rings (SSSR count). The maximum Gasteiger partial charge on any atom is 0.271 e. The van der Waals surface area contributed by atoms with E-state index in [1.165, 1.54) is 7.11 Å². The summed E-state index contributed by atoms with van der Waals surface area (Å²) in [6, 6.07) is 14.9. The van der Waals surface area contributed by atoms with Crippen molar-refractivity contribution in [3.63, 3.8) is 0 Å². The van der Waals surface area contributed by atoms with E-state index in [1.807, 2.05) is 51.1 Å². The van der Waals surface area contributed by atoms with Crippen LogP contribution in [0.3, 0.4) is 0 Å². The summed E-state index contributed by atoms with van der Waals surface area (Å²) < 4.78 is 18.1. The molecule has 0 radical (unpaired) electrons. The Hall–Kier alpha value is -3.74. The Bertz CT molecular complexity index is 1080. The van der Waals surface area contributed by atoms with Crippen molar-refractivity contribution in [1.29, 1.82) is 0 Å². The minimum atomic E-state index is -0.336. The summed E-state index contributed by atoms with van der Waals surface area (Å²) in [7, 11) is 3.07. The molecule has 0 saturated carbocycles. The molecule has 0 unspecified atom stereocenters. The van der Waals surface area contributed by atoms with Gasteiger partial charge in [-0.15, -0.1) is 0 Å². The Balaban J connectivity index is 1.74. The number of nitrogens with one attached hydrogen (secondary N) is 1. The monoisotopic (exact) mass is 421 g/mol. The highest BCUT2D eigenvalue weighted by atomic mass is 16.5. The molecule has 1 heterocycles. The van der Waals surface area contributed by atoms with Crippen molar-refractivity contribution in [2.75, 3.05) is 20.8 Å². The highest BCUT2D eigenvalue weighted by Crippen LogP contribution is 2.27. The molecule has 0 aliphatic heterocycles. The van der Waals surface area contributed by atoms with Gasteiger partial charge in [0.25, 0.3) is 5.91 Å². The van der Waals surface area contributed by atoms with Gasteiger partial charge in [0.05, 0.1) is 27.0 Å². The van der Waals surface area contributed by atoms with Gasteiger partial charge in [-0.2, -0.15) is 5.10 Å². The van der Waals surface area contributed by atoms with Crippen LogP contribution >= 0.6 is 0 Å². The molecular formula is C24H27N3O4. The Morgan fingerprint density at radius 3 is 2.39 bits per heavy atom. The van der Waals surface area contributed by atoms with E-state index in [-0.39, 0.29) is 5.91 Å². The number of hydrogen-bond acceptors (Lipinski definition) is 5. The number of methoxy groups -OCH3 is 2. The number of carbonyl (C=O) groups is 1. The molecule has 1 amide bonds. The van der Waals surface area contributed by atoms with Gasteiger partial charge in [-0.1, -0.05) is 0 Å². The molecular weight excluding hydrogens is 394 g/mol. The van der Waals surface area contributed by atoms with Crippen molar-refractivity contribution in [1.82, 2.24) is 9.99 Å². The van der Waals surface area contributed by atoms with Crippen molar-refractivity contribution in [2.24, 2.45) is 5.10 Å². The van der Waals surface area contributed by atoms with E-state index in [2.05, 4.69) is 15.1 Å². The van der Waals surface area contributed by atoms with Crippen LogP contribution in [0, 0.1) is 13.8 Å². The predicted octanol–water partition coefficient (Wildman–Crippen LogP) is 4.27. The van der Waals surface area contributed by atoms with E-state index in [9.17, 15) is 4.79 Å². The molecule has 7 heteroatoms. The van der Waals surface area contributed by atoms with Crippen LogP contribution in [-0.4, -0.2) is 37.5 Å². The Labute approximate surface area is 182 Å². The third kappa shape index (κ3) is 4.88. The number of benzene rings is 2. The van der Waals surface area contributed by atoms with Gasteiger partial charge < -0.3 is 18.8 Å². The first-order valence-corrected chi connectivity index (χ1v) is 9.96. The van der Waals surface area contributed by atoms with Crippen LogP contribution in [0.25, 0.3) is 5.69 Å². The number of aryl methyl sites for hydroxylation is 1.